The van der Waals surface area contributed by atoms with Gasteiger partial charge in [0.2, 0.25) is 0 Å². The number of hydrogen-bond acceptors (Lipinski definition) is 4. The molecule has 0 spiro atoms. The van der Waals surface area contributed by atoms with Crippen molar-refractivity contribution < 1.29 is 0 Å². The van der Waals surface area contributed by atoms with Crippen LogP contribution in [0.15, 0.2) is 30.3 Å². The summed E-state index contributed by atoms with van der Waals surface area (Å²) in [5.74, 6) is 0.783. The fourth-order valence-electron chi connectivity index (χ4n) is 1.76. The number of nitrogens with zero attached hydrogens (tertiary/aromatic N) is 3. The van der Waals surface area contributed by atoms with Crippen molar-refractivity contribution >= 4 is 16.7 Å². The highest BCUT2D eigenvalue weighted by Gasteiger charge is 2.07. The molecule has 0 aliphatic heterocycles. The number of nitrogens with two attached hydrogens (primary N) is 1. The molecule has 0 atom stereocenters. The molecule has 1 aromatic heterocycles. The van der Waals surface area contributed by atoms with E-state index in [4.69, 9.17) is 11.0 Å². The van der Waals surface area contributed by atoms with Crippen LogP contribution in [0, 0.1) is 11.3 Å². The Kier molecular flexibility index (Phi) is 3.22. The summed E-state index contributed by atoms with van der Waals surface area (Å²) in [6.45, 7) is 1.28. The van der Waals surface area contributed by atoms with Gasteiger partial charge in [-0.1, -0.05) is 18.2 Å². The Labute approximate surface area is 100 Å². The second-order valence-electron chi connectivity index (χ2n) is 3.87. The Morgan fingerprint density at radius 3 is 2.88 bits per heavy atom. The van der Waals surface area contributed by atoms with Crippen molar-refractivity contribution in [3.63, 3.8) is 0 Å². The number of anilines is 1. The van der Waals surface area contributed by atoms with Gasteiger partial charge in [0.1, 0.15) is 5.82 Å². The Balaban J connectivity index is 2.57. The summed E-state index contributed by atoms with van der Waals surface area (Å²) >= 11 is 0. The van der Waals surface area contributed by atoms with Crippen LogP contribution in [0.1, 0.15) is 5.56 Å². The highest BCUT2D eigenvalue weighted by molar-refractivity contribution is 5.86. The molecule has 0 fully saturated rings. The summed E-state index contributed by atoms with van der Waals surface area (Å²) in [6, 6.07) is 11.7. The average molecular weight is 226 g/mol. The summed E-state index contributed by atoms with van der Waals surface area (Å²) in [5.41, 5.74) is 7.00. The van der Waals surface area contributed by atoms with Crippen LogP contribution in [0.3, 0.4) is 0 Å². The molecule has 1 aromatic carbocycles. The summed E-state index contributed by atoms with van der Waals surface area (Å²) in [5, 5.41) is 10.0. The van der Waals surface area contributed by atoms with Crippen molar-refractivity contribution in [1.82, 2.24) is 4.98 Å². The maximum absolute atomic E-state index is 9.15. The van der Waals surface area contributed by atoms with E-state index in [1.54, 1.807) is 6.07 Å². The average Bonchev–Trinajstić information content (AvgIpc) is 2.37. The SMILES string of the molecule is CN(CCN)c1cc(C#N)c2ccccc2n1. The highest BCUT2D eigenvalue weighted by Crippen LogP contribution is 2.21. The third-order valence-corrected chi connectivity index (χ3v) is 2.68. The number of aromatic nitrogens is 1. The maximum Gasteiger partial charge on any atom is 0.130 e. The van der Waals surface area contributed by atoms with Crippen LogP contribution in [0.4, 0.5) is 5.82 Å². The van der Waals surface area contributed by atoms with Gasteiger partial charge in [-0.05, 0) is 12.1 Å². The molecule has 0 saturated carbocycles. The molecule has 0 saturated heterocycles. The summed E-state index contributed by atoms with van der Waals surface area (Å²) < 4.78 is 0. The van der Waals surface area contributed by atoms with Crippen molar-refractivity contribution in [1.29, 1.82) is 5.26 Å². The molecule has 1 heterocycles. The zero-order valence-corrected chi connectivity index (χ0v) is 9.72. The third kappa shape index (κ3) is 2.19. The molecular weight excluding hydrogens is 212 g/mol. The van der Waals surface area contributed by atoms with Gasteiger partial charge < -0.3 is 10.6 Å². The number of pyridine rings is 1. The fraction of sp³-hybridized carbons (Fsp3) is 0.231. The van der Waals surface area contributed by atoms with E-state index >= 15 is 0 Å². The molecule has 2 rings (SSSR count). The molecule has 0 amide bonds. The first-order chi connectivity index (χ1) is 8.26. The lowest BCUT2D eigenvalue weighted by Gasteiger charge is -2.17. The van der Waals surface area contributed by atoms with E-state index in [-0.39, 0.29) is 0 Å². The number of nitriles is 1. The Morgan fingerprint density at radius 1 is 1.41 bits per heavy atom. The Hall–Kier alpha value is -2.12. The standard InChI is InChI=1S/C13H14N4/c1-17(7-6-14)13-8-10(9-15)11-4-2-3-5-12(11)16-13/h2-5,8H,6-7,14H2,1H3. The van der Waals surface area contributed by atoms with Gasteiger partial charge in [-0.2, -0.15) is 5.26 Å². The minimum Gasteiger partial charge on any atom is -0.358 e. The zero-order valence-electron chi connectivity index (χ0n) is 9.72. The fourth-order valence-corrected chi connectivity index (χ4v) is 1.76. The van der Waals surface area contributed by atoms with Gasteiger partial charge in [-0.15, -0.1) is 0 Å². The van der Waals surface area contributed by atoms with Gasteiger partial charge >= 0.3 is 0 Å². The number of hydrogen-bond donors (Lipinski definition) is 1. The molecule has 0 aliphatic carbocycles. The van der Waals surface area contributed by atoms with Gasteiger partial charge in [0.05, 0.1) is 17.1 Å². The van der Waals surface area contributed by atoms with E-state index in [1.807, 2.05) is 36.2 Å². The van der Waals surface area contributed by atoms with E-state index in [1.165, 1.54) is 0 Å². The molecule has 0 radical (unpaired) electrons. The van der Waals surface area contributed by atoms with Crippen LogP contribution in [0.25, 0.3) is 10.9 Å². The molecule has 2 N–H and O–H groups in total. The smallest absolute Gasteiger partial charge is 0.130 e. The molecule has 17 heavy (non-hydrogen) atoms. The van der Waals surface area contributed by atoms with Gasteiger partial charge in [0.25, 0.3) is 0 Å². The quantitative estimate of drug-likeness (QED) is 0.861. The first-order valence-electron chi connectivity index (χ1n) is 5.47. The van der Waals surface area contributed by atoms with E-state index in [0.29, 0.717) is 12.1 Å². The van der Waals surface area contributed by atoms with Crippen molar-refractivity contribution in [3.05, 3.63) is 35.9 Å². The molecular formula is C13H14N4. The van der Waals surface area contributed by atoms with E-state index in [9.17, 15) is 0 Å². The largest absolute Gasteiger partial charge is 0.358 e. The minimum absolute atomic E-state index is 0.562. The molecule has 4 heteroatoms. The predicted octanol–water partition coefficient (Wildman–Crippen LogP) is 1.50. The van der Waals surface area contributed by atoms with Crippen LogP contribution >= 0.6 is 0 Å². The summed E-state index contributed by atoms with van der Waals surface area (Å²) in [6.07, 6.45) is 0. The molecule has 0 unspecified atom stereocenters. The lowest BCUT2D eigenvalue weighted by atomic mass is 10.1. The lowest BCUT2D eigenvalue weighted by Crippen LogP contribution is -2.25. The summed E-state index contributed by atoms with van der Waals surface area (Å²) in [7, 11) is 1.92. The van der Waals surface area contributed by atoms with Crippen molar-refractivity contribution in [3.8, 4) is 6.07 Å². The van der Waals surface area contributed by atoms with E-state index in [2.05, 4.69) is 11.1 Å². The predicted molar refractivity (Wildman–Crippen MR) is 68.8 cm³/mol. The van der Waals surface area contributed by atoms with E-state index in [0.717, 1.165) is 23.3 Å². The lowest BCUT2D eigenvalue weighted by molar-refractivity contribution is 0.871. The minimum atomic E-state index is 0.562. The van der Waals surface area contributed by atoms with Crippen LogP contribution in [0.2, 0.25) is 0 Å². The van der Waals surface area contributed by atoms with Crippen LogP contribution in [0.5, 0.6) is 0 Å². The molecule has 2 aromatic rings. The van der Waals surface area contributed by atoms with Crippen LogP contribution < -0.4 is 10.6 Å². The van der Waals surface area contributed by atoms with Gasteiger partial charge in [0, 0.05) is 25.5 Å². The second-order valence-corrected chi connectivity index (χ2v) is 3.87. The van der Waals surface area contributed by atoms with Crippen molar-refractivity contribution in [2.45, 2.75) is 0 Å². The summed E-state index contributed by atoms with van der Waals surface area (Å²) in [4.78, 5) is 6.47. The van der Waals surface area contributed by atoms with Crippen molar-refractivity contribution in [2.24, 2.45) is 5.73 Å². The van der Waals surface area contributed by atoms with Crippen LogP contribution in [-0.2, 0) is 0 Å². The molecule has 0 aliphatic rings. The normalized spacial score (nSPS) is 10.2. The first-order valence-corrected chi connectivity index (χ1v) is 5.47. The number of para-hydroxylation sites is 1. The Morgan fingerprint density at radius 2 is 2.18 bits per heavy atom. The van der Waals surface area contributed by atoms with Gasteiger partial charge in [-0.3, -0.25) is 0 Å². The number of likely N-dealkylation sites (N-methyl/N-ethyl adjacent to an activating group) is 1. The topological polar surface area (TPSA) is 65.9 Å². The monoisotopic (exact) mass is 226 g/mol. The van der Waals surface area contributed by atoms with Crippen LogP contribution in [-0.4, -0.2) is 25.1 Å². The maximum atomic E-state index is 9.15. The van der Waals surface area contributed by atoms with Gasteiger partial charge in [-0.25, -0.2) is 4.98 Å². The molecule has 0 bridgehead atoms. The third-order valence-electron chi connectivity index (χ3n) is 2.68. The number of rotatable bonds is 3. The van der Waals surface area contributed by atoms with Gasteiger partial charge in [0.15, 0.2) is 0 Å². The molecule has 4 nitrogen and oxygen atoms in total. The zero-order chi connectivity index (χ0) is 12.3. The number of benzene rings is 1. The highest BCUT2D eigenvalue weighted by atomic mass is 15.2. The second kappa shape index (κ2) is 4.81. The van der Waals surface area contributed by atoms with Crippen molar-refractivity contribution in [2.75, 3.05) is 25.0 Å². The number of fused-ring (bicyclic) bond motifs is 1. The first kappa shape index (κ1) is 11.4. The molecule has 86 valence electrons. The Bertz CT molecular complexity index is 571. The van der Waals surface area contributed by atoms with E-state index < -0.39 is 0 Å².